The van der Waals surface area contributed by atoms with Gasteiger partial charge in [0.05, 0.1) is 18.1 Å². The summed E-state index contributed by atoms with van der Waals surface area (Å²) in [6, 6.07) is -0.787. The number of carbonyl (C=O) groups is 2. The number of aliphatic carboxylic acids is 1. The molecule has 8 heteroatoms. The van der Waals surface area contributed by atoms with Crippen molar-refractivity contribution in [3.63, 3.8) is 0 Å². The van der Waals surface area contributed by atoms with Crippen LogP contribution in [0.2, 0.25) is 0 Å². The van der Waals surface area contributed by atoms with Gasteiger partial charge in [-0.15, -0.1) is 0 Å². The van der Waals surface area contributed by atoms with E-state index in [0.717, 1.165) is 7.11 Å². The number of nitrogens with one attached hydrogen (secondary N) is 1. The third-order valence-electron chi connectivity index (χ3n) is 2.97. The molecule has 0 aliphatic heterocycles. The van der Waals surface area contributed by atoms with Gasteiger partial charge in [-0.1, -0.05) is 20.8 Å². The average Bonchev–Trinajstić information content (AvgIpc) is 2.35. The molecule has 20 heavy (non-hydrogen) atoms. The molecule has 0 spiro atoms. The molecule has 0 aromatic carbocycles. The fourth-order valence-corrected chi connectivity index (χ4v) is 1.81. The Morgan fingerprint density at radius 3 is 2.35 bits per heavy atom. The van der Waals surface area contributed by atoms with Crippen LogP contribution in [0, 0.1) is 17.0 Å². The van der Waals surface area contributed by atoms with Crippen LogP contribution in [0.3, 0.4) is 0 Å². The molecule has 3 atom stereocenters. The van der Waals surface area contributed by atoms with Crippen molar-refractivity contribution in [2.45, 2.75) is 39.3 Å². The molecule has 116 valence electrons. The molecule has 0 aliphatic carbocycles. The number of carbonyl (C=O) groups excluding carboxylic acids is 1. The normalized spacial score (nSPS) is 16.4. The van der Waals surface area contributed by atoms with Crippen molar-refractivity contribution in [3.8, 4) is 0 Å². The van der Waals surface area contributed by atoms with E-state index in [0.29, 0.717) is 6.21 Å². The first-order chi connectivity index (χ1) is 9.24. The number of carboxylic acids is 1. The highest BCUT2D eigenvalue weighted by Crippen LogP contribution is 2.17. The molecule has 3 N–H and O–H groups in total. The molecule has 0 heterocycles. The Morgan fingerprint density at radius 1 is 1.45 bits per heavy atom. The summed E-state index contributed by atoms with van der Waals surface area (Å²) in [4.78, 5) is 26.8. The van der Waals surface area contributed by atoms with E-state index >= 15 is 0 Å². The fraction of sp³-hybridized carbons (Fsp3) is 0.750. The predicted octanol–water partition coefficient (Wildman–Crippen LogP) is -0.259. The van der Waals surface area contributed by atoms with E-state index in [1.165, 1.54) is 0 Å². The number of aliphatic hydroxyl groups excluding tert-OH is 1. The monoisotopic (exact) mass is 290 g/mol. The van der Waals surface area contributed by atoms with Crippen molar-refractivity contribution in [1.82, 2.24) is 5.32 Å². The number of amides is 1. The van der Waals surface area contributed by atoms with E-state index in [1.807, 2.05) is 0 Å². The zero-order valence-corrected chi connectivity index (χ0v) is 12.1. The minimum Gasteiger partial charge on any atom is -0.481 e. The lowest BCUT2D eigenvalue weighted by molar-refractivity contribution is -0.729. The van der Waals surface area contributed by atoms with Crippen molar-refractivity contribution in [2.75, 3.05) is 7.11 Å². The molecule has 0 rings (SSSR count). The summed E-state index contributed by atoms with van der Waals surface area (Å²) in [5.74, 6) is -3.10. The van der Waals surface area contributed by atoms with Crippen LogP contribution >= 0.6 is 0 Å². The summed E-state index contributed by atoms with van der Waals surface area (Å²) in [5.41, 5.74) is 0. The highest BCUT2D eigenvalue weighted by molar-refractivity contribution is 6.24. The van der Waals surface area contributed by atoms with Gasteiger partial charge >= 0.3 is 11.9 Å². The topological polar surface area (TPSA) is 122 Å². The third kappa shape index (κ3) is 5.43. The van der Waals surface area contributed by atoms with Crippen molar-refractivity contribution in [1.29, 1.82) is 0 Å². The minimum atomic E-state index is -1.25. The van der Waals surface area contributed by atoms with Gasteiger partial charge in [0.15, 0.2) is 0 Å². The molecular formula is C12H22N2O6. The maximum atomic E-state index is 11.6. The van der Waals surface area contributed by atoms with E-state index in [4.69, 9.17) is 5.11 Å². The summed E-state index contributed by atoms with van der Waals surface area (Å²) in [6.45, 7) is 5.10. The van der Waals surface area contributed by atoms with E-state index in [-0.39, 0.29) is 17.2 Å². The van der Waals surface area contributed by atoms with E-state index in [1.54, 1.807) is 20.8 Å². The van der Waals surface area contributed by atoms with Crippen LogP contribution in [0.15, 0.2) is 0 Å². The Bertz CT molecular complexity index is 369. The molecule has 1 amide bonds. The van der Waals surface area contributed by atoms with Gasteiger partial charge < -0.3 is 20.4 Å². The SMILES string of the molecule is CC[C@@H](C(=O)O)[C@@H](O)[C@@H](NC(=O)/C=[N+](\[O-])OC)C(C)C. The molecule has 0 aromatic heterocycles. The molecule has 0 fully saturated rings. The quantitative estimate of drug-likeness (QED) is 0.322. The predicted molar refractivity (Wildman–Crippen MR) is 70.9 cm³/mol. The standard InChI is InChI=1S/C12H22N2O6/c1-5-8(12(17)18)11(16)10(7(2)3)13-9(15)6-14(19)20-4/h6-8,10-11,16H,5H2,1-4H3,(H,13,15)(H,17,18)/b14-6+/t8-,10+,11-/m1/s1. The smallest absolute Gasteiger partial charge is 0.314 e. The molecule has 8 nitrogen and oxygen atoms in total. The largest absolute Gasteiger partial charge is 0.481 e. The van der Waals surface area contributed by atoms with Crippen LogP contribution in [-0.4, -0.2) is 52.5 Å². The lowest BCUT2D eigenvalue weighted by Gasteiger charge is -2.30. The maximum absolute atomic E-state index is 11.6. The van der Waals surface area contributed by atoms with E-state index < -0.39 is 29.9 Å². The zero-order valence-electron chi connectivity index (χ0n) is 12.1. The van der Waals surface area contributed by atoms with Crippen LogP contribution in [0.1, 0.15) is 27.2 Å². The lowest BCUT2D eigenvalue weighted by Crippen LogP contribution is -2.51. The van der Waals surface area contributed by atoms with Gasteiger partial charge in [0, 0.05) is 12.0 Å². The number of aliphatic hydroxyl groups is 1. The van der Waals surface area contributed by atoms with Crippen LogP contribution in [0.5, 0.6) is 0 Å². The Kier molecular flexibility index (Phi) is 7.60. The number of nitrogens with zero attached hydrogens (tertiary/aromatic N) is 1. The van der Waals surface area contributed by atoms with Gasteiger partial charge in [0.25, 0.3) is 6.21 Å². The van der Waals surface area contributed by atoms with Crippen molar-refractivity contribution in [2.24, 2.45) is 11.8 Å². The Hall–Kier alpha value is -1.83. The highest BCUT2D eigenvalue weighted by atomic mass is 16.9. The van der Waals surface area contributed by atoms with Crippen molar-refractivity contribution >= 4 is 18.1 Å². The second-order valence-corrected chi connectivity index (χ2v) is 4.72. The first kappa shape index (κ1) is 18.2. The second-order valence-electron chi connectivity index (χ2n) is 4.72. The fourth-order valence-electron chi connectivity index (χ4n) is 1.81. The summed E-state index contributed by atoms with van der Waals surface area (Å²) in [5, 5.41) is 32.4. The van der Waals surface area contributed by atoms with Crippen LogP contribution in [0.25, 0.3) is 0 Å². The van der Waals surface area contributed by atoms with E-state index in [9.17, 15) is 19.9 Å². The summed E-state index contributed by atoms with van der Waals surface area (Å²) in [6.07, 6.45) is -0.396. The molecule has 0 aromatic rings. The average molecular weight is 290 g/mol. The highest BCUT2D eigenvalue weighted by Gasteiger charge is 2.34. The maximum Gasteiger partial charge on any atom is 0.314 e. The summed E-state index contributed by atoms with van der Waals surface area (Å²) < 4.78 is 0. The van der Waals surface area contributed by atoms with Gasteiger partial charge in [0.1, 0.15) is 0 Å². The Morgan fingerprint density at radius 2 is 2.00 bits per heavy atom. The molecule has 0 unspecified atom stereocenters. The molecular weight excluding hydrogens is 268 g/mol. The van der Waals surface area contributed by atoms with Crippen LogP contribution in [-0.2, 0) is 14.4 Å². The lowest BCUT2D eigenvalue weighted by atomic mass is 9.88. The second kappa shape index (κ2) is 8.36. The summed E-state index contributed by atoms with van der Waals surface area (Å²) in [7, 11) is 1.10. The van der Waals surface area contributed by atoms with Gasteiger partial charge in [-0.2, -0.15) is 0 Å². The molecule has 0 bridgehead atoms. The van der Waals surface area contributed by atoms with Gasteiger partial charge in [-0.05, 0) is 12.3 Å². The third-order valence-corrected chi connectivity index (χ3v) is 2.97. The molecule has 0 saturated heterocycles. The number of hydrogen-bond acceptors (Lipinski definition) is 5. The Balaban J connectivity index is 4.98. The first-order valence-corrected chi connectivity index (χ1v) is 6.31. The van der Waals surface area contributed by atoms with Crippen molar-refractivity contribution < 1.29 is 29.5 Å². The number of hydrogen-bond donors (Lipinski definition) is 3. The molecule has 0 radical (unpaired) electrons. The van der Waals surface area contributed by atoms with Gasteiger partial charge in [-0.25, -0.2) is 0 Å². The van der Waals surface area contributed by atoms with E-state index in [2.05, 4.69) is 10.2 Å². The number of rotatable bonds is 8. The van der Waals surface area contributed by atoms with Gasteiger partial charge in [-0.3, -0.25) is 14.8 Å². The Labute approximate surface area is 117 Å². The molecule has 0 aliphatic rings. The number of carboxylic acid groups (broad SMARTS) is 1. The zero-order chi connectivity index (χ0) is 15.9. The first-order valence-electron chi connectivity index (χ1n) is 6.31. The van der Waals surface area contributed by atoms with Crippen LogP contribution in [0.4, 0.5) is 0 Å². The van der Waals surface area contributed by atoms with Crippen LogP contribution < -0.4 is 5.32 Å². The summed E-state index contributed by atoms with van der Waals surface area (Å²) >= 11 is 0. The van der Waals surface area contributed by atoms with Crippen molar-refractivity contribution in [3.05, 3.63) is 5.21 Å². The minimum absolute atomic E-state index is 0.0341. The molecule has 0 saturated carbocycles. The van der Waals surface area contributed by atoms with Gasteiger partial charge in [0.2, 0.25) is 0 Å².